The molecule has 1 N–H and O–H groups in total. The lowest BCUT2D eigenvalue weighted by Gasteiger charge is -2.23. The maximum atomic E-state index is 15.0. The van der Waals surface area contributed by atoms with E-state index in [9.17, 15) is 23.1 Å². The average Bonchev–Trinajstić information content (AvgIpc) is 3.49. The van der Waals surface area contributed by atoms with Crippen molar-refractivity contribution in [2.24, 2.45) is 0 Å². The first kappa shape index (κ1) is 22.1. The second kappa shape index (κ2) is 8.11. The number of aryl methyl sites for hydroxylation is 1. The Morgan fingerprint density at radius 1 is 1.17 bits per heavy atom. The first-order valence-electron chi connectivity index (χ1n) is 11.0. The number of alkyl halides is 2. The van der Waals surface area contributed by atoms with Gasteiger partial charge in [0.15, 0.2) is 17.2 Å². The highest BCUT2D eigenvalue weighted by atomic mass is 19.3. The molecule has 2 aliphatic heterocycles. The van der Waals surface area contributed by atoms with Crippen LogP contribution in [-0.4, -0.2) is 44.0 Å². The zero-order valence-corrected chi connectivity index (χ0v) is 18.8. The third-order valence-electron chi connectivity index (χ3n) is 6.50. The second-order valence-electron chi connectivity index (χ2n) is 8.57. The Balaban J connectivity index is 1.57. The van der Waals surface area contributed by atoms with E-state index in [1.54, 1.807) is 6.07 Å². The van der Waals surface area contributed by atoms with E-state index in [4.69, 9.17) is 9.47 Å². The summed E-state index contributed by atoms with van der Waals surface area (Å²) in [4.78, 5) is 17.7. The van der Waals surface area contributed by atoms with E-state index < -0.39 is 18.3 Å². The van der Waals surface area contributed by atoms with Crippen LogP contribution in [0.3, 0.4) is 0 Å². The fourth-order valence-electron chi connectivity index (χ4n) is 4.80. The molecule has 184 valence electrons. The summed E-state index contributed by atoms with van der Waals surface area (Å²) in [6.45, 7) is 1.53. The van der Waals surface area contributed by atoms with Crippen LogP contribution in [0.15, 0.2) is 36.7 Å². The van der Waals surface area contributed by atoms with Crippen LogP contribution in [0.25, 0.3) is 16.9 Å². The average molecular weight is 497 g/mol. The smallest absolute Gasteiger partial charge is 0.413 e. The van der Waals surface area contributed by atoms with Crippen LogP contribution in [0, 0.1) is 12.7 Å². The van der Waals surface area contributed by atoms with E-state index in [-0.39, 0.29) is 59.7 Å². The highest BCUT2D eigenvalue weighted by Crippen LogP contribution is 2.43. The van der Waals surface area contributed by atoms with E-state index in [1.165, 1.54) is 41.9 Å². The van der Waals surface area contributed by atoms with E-state index in [0.717, 1.165) is 4.90 Å². The Kier molecular flexibility index (Phi) is 4.99. The molecular formula is C24H18F3N5O4. The summed E-state index contributed by atoms with van der Waals surface area (Å²) in [5.41, 5.74) is 1.73. The molecule has 2 aliphatic rings. The van der Waals surface area contributed by atoms with E-state index in [2.05, 4.69) is 15.2 Å². The summed E-state index contributed by atoms with van der Waals surface area (Å²) in [6, 6.07) is 7.07. The highest BCUT2D eigenvalue weighted by Gasteiger charge is 2.35. The van der Waals surface area contributed by atoms with Crippen LogP contribution in [0.2, 0.25) is 0 Å². The molecule has 0 fully saturated rings. The zero-order valence-electron chi connectivity index (χ0n) is 18.8. The number of benzene rings is 1. The first-order chi connectivity index (χ1) is 17.3. The number of hydrogen-bond donors (Lipinski definition) is 1. The lowest BCUT2D eigenvalue weighted by molar-refractivity contribution is 0.150. The maximum Gasteiger partial charge on any atom is 0.413 e. The standard InChI is InChI=1S/C24H18F3N5O4/c1-11-13(21(26)27)2-4-17(29-11)14-6-19-23(32-10-28-30-22(14)32)31(24(33)34)7-15-16(25)3-5-18-20(15)12(8-35-18)9-36-19/h2-6,10,12,21H,7-9H2,1H3,(H,33,34)/t12-/m0/s1. The van der Waals surface area contributed by atoms with E-state index in [0.29, 0.717) is 22.6 Å². The molecule has 1 amide bonds. The summed E-state index contributed by atoms with van der Waals surface area (Å²) in [7, 11) is 0. The Hall–Kier alpha value is -4.35. The number of hydrogen-bond acceptors (Lipinski definition) is 6. The summed E-state index contributed by atoms with van der Waals surface area (Å²) in [5, 5.41) is 18.2. The Morgan fingerprint density at radius 2 is 1.94 bits per heavy atom. The topological polar surface area (TPSA) is 102 Å². The normalized spacial score (nSPS) is 16.6. The van der Waals surface area contributed by atoms with Crippen molar-refractivity contribution >= 4 is 17.6 Å². The van der Waals surface area contributed by atoms with Crippen molar-refractivity contribution in [2.45, 2.75) is 25.8 Å². The number of pyridine rings is 2. The van der Waals surface area contributed by atoms with Gasteiger partial charge in [-0.15, -0.1) is 10.2 Å². The summed E-state index contributed by atoms with van der Waals surface area (Å²) in [6.07, 6.45) is -2.70. The highest BCUT2D eigenvalue weighted by molar-refractivity contribution is 5.90. The zero-order chi connectivity index (χ0) is 25.1. The molecule has 0 radical (unpaired) electrons. The molecule has 12 heteroatoms. The molecule has 0 saturated heterocycles. The molecule has 1 atom stereocenters. The number of halogens is 3. The molecule has 0 bridgehead atoms. The molecule has 0 spiro atoms. The van der Waals surface area contributed by atoms with Crippen molar-refractivity contribution in [1.29, 1.82) is 0 Å². The van der Waals surface area contributed by atoms with E-state index in [1.807, 2.05) is 0 Å². The van der Waals surface area contributed by atoms with Crippen molar-refractivity contribution in [2.75, 3.05) is 18.1 Å². The monoisotopic (exact) mass is 497 g/mol. The van der Waals surface area contributed by atoms with Crippen molar-refractivity contribution in [3.63, 3.8) is 0 Å². The maximum absolute atomic E-state index is 15.0. The lowest BCUT2D eigenvalue weighted by atomic mass is 9.95. The van der Waals surface area contributed by atoms with Crippen LogP contribution >= 0.6 is 0 Å². The van der Waals surface area contributed by atoms with E-state index >= 15 is 0 Å². The number of amides is 1. The Morgan fingerprint density at radius 3 is 2.67 bits per heavy atom. The lowest BCUT2D eigenvalue weighted by Crippen LogP contribution is -2.31. The first-order valence-corrected chi connectivity index (χ1v) is 11.0. The molecule has 3 aromatic heterocycles. The molecule has 0 unspecified atom stereocenters. The number of ether oxygens (including phenoxy) is 2. The second-order valence-corrected chi connectivity index (χ2v) is 8.57. The van der Waals surface area contributed by atoms with Gasteiger partial charge in [0, 0.05) is 27.9 Å². The molecule has 1 aromatic carbocycles. The van der Waals surface area contributed by atoms with Crippen LogP contribution < -0.4 is 14.4 Å². The van der Waals surface area contributed by atoms with Gasteiger partial charge in [0.05, 0.1) is 31.4 Å². The number of nitrogens with zero attached hydrogens (tertiary/aromatic N) is 5. The van der Waals surface area contributed by atoms with Crippen molar-refractivity contribution in [3.05, 3.63) is 64.9 Å². The molecule has 5 heterocycles. The summed E-state index contributed by atoms with van der Waals surface area (Å²) >= 11 is 0. The van der Waals surface area contributed by atoms with Gasteiger partial charge in [-0.2, -0.15) is 0 Å². The van der Waals surface area contributed by atoms with Gasteiger partial charge in [-0.05, 0) is 37.3 Å². The fourth-order valence-corrected chi connectivity index (χ4v) is 4.80. The SMILES string of the molecule is Cc1nc(-c2cc3c(n4cnnc24)N(C(=O)O)Cc2c(F)ccc4c2[C@@H](CO4)CO3)ccc1C(F)F. The van der Waals surface area contributed by atoms with Gasteiger partial charge >= 0.3 is 6.09 Å². The molecule has 36 heavy (non-hydrogen) atoms. The van der Waals surface area contributed by atoms with Gasteiger partial charge < -0.3 is 14.6 Å². The predicted octanol–water partition coefficient (Wildman–Crippen LogP) is 4.73. The van der Waals surface area contributed by atoms with Crippen LogP contribution in [0.5, 0.6) is 11.5 Å². The van der Waals surface area contributed by atoms with Crippen molar-refractivity contribution < 1.29 is 32.5 Å². The van der Waals surface area contributed by atoms with Gasteiger partial charge in [0.1, 0.15) is 17.9 Å². The van der Waals surface area contributed by atoms with Crippen LogP contribution in [0.1, 0.15) is 34.7 Å². The number of aromatic nitrogens is 4. The number of anilines is 1. The quantitative estimate of drug-likeness (QED) is 0.427. The van der Waals surface area contributed by atoms with Gasteiger partial charge in [-0.1, -0.05) is 0 Å². The molecule has 9 nitrogen and oxygen atoms in total. The predicted molar refractivity (Wildman–Crippen MR) is 120 cm³/mol. The van der Waals surface area contributed by atoms with Crippen LogP contribution in [0.4, 0.5) is 23.8 Å². The molecular weight excluding hydrogens is 479 g/mol. The minimum Gasteiger partial charge on any atom is -0.493 e. The van der Waals surface area contributed by atoms with Gasteiger partial charge in [0.25, 0.3) is 6.43 Å². The van der Waals surface area contributed by atoms with Gasteiger partial charge in [-0.3, -0.25) is 14.3 Å². The van der Waals surface area contributed by atoms with Gasteiger partial charge in [-0.25, -0.2) is 18.0 Å². The third-order valence-corrected chi connectivity index (χ3v) is 6.50. The van der Waals surface area contributed by atoms with Crippen LogP contribution in [-0.2, 0) is 6.54 Å². The summed E-state index contributed by atoms with van der Waals surface area (Å²) < 4.78 is 54.7. The number of carbonyl (C=O) groups is 1. The Labute approximate surface area is 201 Å². The summed E-state index contributed by atoms with van der Waals surface area (Å²) in [5.74, 6) is -0.124. The molecule has 4 aromatic rings. The number of rotatable bonds is 2. The molecule has 6 rings (SSSR count). The number of fused-ring (bicyclic) bond motifs is 3. The van der Waals surface area contributed by atoms with Gasteiger partial charge in [0.2, 0.25) is 0 Å². The fraction of sp³-hybridized carbons (Fsp3) is 0.250. The largest absolute Gasteiger partial charge is 0.493 e. The minimum atomic E-state index is -2.67. The molecule has 0 saturated carbocycles. The minimum absolute atomic E-state index is 0.0880. The third kappa shape index (κ3) is 3.32. The molecule has 0 aliphatic carbocycles. The number of carboxylic acid groups (broad SMARTS) is 1. The Bertz CT molecular complexity index is 1540. The van der Waals surface area contributed by atoms with Crippen molar-refractivity contribution in [1.82, 2.24) is 19.6 Å². The van der Waals surface area contributed by atoms with Crippen molar-refractivity contribution in [3.8, 4) is 22.8 Å².